The van der Waals surface area contributed by atoms with E-state index in [1.165, 1.54) is 13.1 Å². The van der Waals surface area contributed by atoms with Crippen LogP contribution in [0.4, 0.5) is 14.9 Å². The largest absolute Gasteiger partial charge is 0.486 e. The van der Waals surface area contributed by atoms with Gasteiger partial charge in [0, 0.05) is 12.6 Å². The van der Waals surface area contributed by atoms with Gasteiger partial charge in [-0.2, -0.15) is 0 Å². The minimum absolute atomic E-state index is 0.0667. The third kappa shape index (κ3) is 3.81. The summed E-state index contributed by atoms with van der Waals surface area (Å²) in [5, 5.41) is 1.82. The van der Waals surface area contributed by atoms with Gasteiger partial charge in [-0.15, -0.1) is 0 Å². The van der Waals surface area contributed by atoms with Crippen molar-refractivity contribution < 1.29 is 13.9 Å². The zero-order chi connectivity index (χ0) is 17.9. The summed E-state index contributed by atoms with van der Waals surface area (Å²) in [7, 11) is 1.40. The number of amides is 2. The zero-order valence-corrected chi connectivity index (χ0v) is 13.9. The molecule has 0 atom stereocenters. The van der Waals surface area contributed by atoms with Gasteiger partial charge in [0.1, 0.15) is 6.61 Å². The maximum absolute atomic E-state index is 13.9. The molecule has 2 amide bonds. The number of halogens is 1. The molecule has 0 heterocycles. The van der Waals surface area contributed by atoms with Gasteiger partial charge in [0.25, 0.3) is 0 Å². The van der Waals surface area contributed by atoms with Crippen molar-refractivity contribution in [3.63, 3.8) is 0 Å². The summed E-state index contributed by atoms with van der Waals surface area (Å²) in [6.07, 6.45) is 0. The average molecular weight is 332 g/mol. The van der Waals surface area contributed by atoms with Crippen molar-refractivity contribution in [1.82, 2.24) is 5.01 Å². The second-order valence-corrected chi connectivity index (χ2v) is 5.56. The summed E-state index contributed by atoms with van der Waals surface area (Å²) in [5.74, 6) is 11.0. The van der Waals surface area contributed by atoms with E-state index in [2.05, 4.69) is 0 Å². The molecule has 0 bridgehead atoms. The monoisotopic (exact) mass is 332 g/mol. The number of carbonyl (C=O) groups excluding carboxylic acids is 1. The fourth-order valence-corrected chi connectivity index (χ4v) is 2.25. The van der Waals surface area contributed by atoms with Crippen molar-refractivity contribution >= 4 is 11.7 Å². The SMILES string of the molecule is Cc1ccc(OCc2c(C)cccc2N(N)C(=O)N(C)N)c(F)c1. The quantitative estimate of drug-likeness (QED) is 0.512. The molecule has 0 saturated heterocycles. The number of hydrogen-bond donors (Lipinski definition) is 2. The highest BCUT2D eigenvalue weighted by Crippen LogP contribution is 2.26. The van der Waals surface area contributed by atoms with Crippen LogP contribution in [0.25, 0.3) is 0 Å². The van der Waals surface area contributed by atoms with Crippen LogP contribution in [0, 0.1) is 19.7 Å². The lowest BCUT2D eigenvalue weighted by atomic mass is 10.1. The van der Waals surface area contributed by atoms with Crippen molar-refractivity contribution in [3.8, 4) is 5.75 Å². The molecule has 0 aliphatic heterocycles. The summed E-state index contributed by atoms with van der Waals surface area (Å²) in [6.45, 7) is 3.73. The van der Waals surface area contributed by atoms with Crippen molar-refractivity contribution in [2.45, 2.75) is 20.5 Å². The fourth-order valence-electron chi connectivity index (χ4n) is 2.25. The van der Waals surface area contributed by atoms with Gasteiger partial charge < -0.3 is 4.74 Å². The Kier molecular flexibility index (Phi) is 5.38. The fraction of sp³-hybridized carbons (Fsp3) is 0.235. The van der Waals surface area contributed by atoms with Gasteiger partial charge in [-0.25, -0.2) is 25.9 Å². The van der Waals surface area contributed by atoms with E-state index in [4.69, 9.17) is 16.4 Å². The summed E-state index contributed by atoms with van der Waals surface area (Å²) >= 11 is 0. The molecule has 0 saturated carbocycles. The van der Waals surface area contributed by atoms with Gasteiger partial charge in [-0.1, -0.05) is 18.2 Å². The highest BCUT2D eigenvalue weighted by atomic mass is 19.1. The first-order valence-electron chi connectivity index (χ1n) is 7.36. The Morgan fingerprint density at radius 1 is 1.21 bits per heavy atom. The van der Waals surface area contributed by atoms with E-state index in [0.717, 1.165) is 21.1 Å². The van der Waals surface area contributed by atoms with Crippen LogP contribution >= 0.6 is 0 Å². The van der Waals surface area contributed by atoms with E-state index in [9.17, 15) is 9.18 Å². The number of anilines is 1. The van der Waals surface area contributed by atoms with Gasteiger partial charge in [0.2, 0.25) is 0 Å². The predicted octanol–water partition coefficient (Wildman–Crippen LogP) is 2.63. The first-order chi connectivity index (χ1) is 11.3. The molecule has 0 aliphatic carbocycles. The number of hydrazine groups is 2. The van der Waals surface area contributed by atoms with Gasteiger partial charge >= 0.3 is 6.03 Å². The molecule has 0 spiro atoms. The van der Waals surface area contributed by atoms with Gasteiger partial charge in [0.05, 0.1) is 5.69 Å². The third-order valence-electron chi connectivity index (χ3n) is 3.61. The van der Waals surface area contributed by atoms with E-state index in [-0.39, 0.29) is 12.4 Å². The molecule has 2 aromatic rings. The molecule has 24 heavy (non-hydrogen) atoms. The number of aryl methyl sites for hydroxylation is 2. The third-order valence-corrected chi connectivity index (χ3v) is 3.61. The molecule has 128 valence electrons. The van der Waals surface area contributed by atoms with Crippen molar-refractivity contribution in [3.05, 3.63) is 58.9 Å². The molecule has 0 unspecified atom stereocenters. The number of carbonyl (C=O) groups is 1. The Morgan fingerprint density at radius 3 is 2.54 bits per heavy atom. The van der Waals surface area contributed by atoms with Crippen LogP contribution in [0.15, 0.2) is 36.4 Å². The molecule has 2 aromatic carbocycles. The molecule has 7 heteroatoms. The number of hydrogen-bond acceptors (Lipinski definition) is 4. The molecular weight excluding hydrogens is 311 g/mol. The molecule has 0 aromatic heterocycles. The topological polar surface area (TPSA) is 84.8 Å². The number of nitrogens with two attached hydrogens (primary N) is 2. The Bertz CT molecular complexity index is 749. The molecule has 2 rings (SSSR count). The molecule has 0 radical (unpaired) electrons. The second kappa shape index (κ2) is 7.29. The highest BCUT2D eigenvalue weighted by molar-refractivity contribution is 5.91. The Labute approximate surface area is 140 Å². The first kappa shape index (κ1) is 17.7. The minimum Gasteiger partial charge on any atom is -0.486 e. The second-order valence-electron chi connectivity index (χ2n) is 5.56. The van der Waals surface area contributed by atoms with Crippen LogP contribution in [-0.2, 0) is 6.61 Å². The van der Waals surface area contributed by atoms with Crippen LogP contribution in [0.3, 0.4) is 0 Å². The lowest BCUT2D eigenvalue weighted by molar-refractivity contribution is 0.216. The lowest BCUT2D eigenvalue weighted by Crippen LogP contribution is -2.49. The number of benzene rings is 2. The highest BCUT2D eigenvalue weighted by Gasteiger charge is 2.19. The smallest absolute Gasteiger partial charge is 0.352 e. The molecule has 0 aliphatic rings. The molecule has 0 fully saturated rings. The normalized spacial score (nSPS) is 10.4. The van der Waals surface area contributed by atoms with E-state index in [1.807, 2.05) is 13.0 Å². The standard InChI is InChI=1S/C17H21FN4O2/c1-11-7-8-16(14(18)9-11)24-10-13-12(2)5-4-6-15(13)22(20)17(23)21(3)19/h4-9H,10,19-20H2,1-3H3. The zero-order valence-electron chi connectivity index (χ0n) is 13.9. The van der Waals surface area contributed by atoms with Gasteiger partial charge in [-0.05, 0) is 43.2 Å². The number of nitrogens with zero attached hydrogens (tertiary/aromatic N) is 2. The molecular formula is C17H21FN4O2. The van der Waals surface area contributed by atoms with Crippen molar-refractivity contribution in [2.24, 2.45) is 11.7 Å². The van der Waals surface area contributed by atoms with E-state index >= 15 is 0 Å². The molecule has 4 N–H and O–H groups in total. The van der Waals surface area contributed by atoms with Gasteiger partial charge in [-0.3, -0.25) is 5.01 Å². The Morgan fingerprint density at radius 2 is 1.92 bits per heavy atom. The lowest BCUT2D eigenvalue weighted by Gasteiger charge is -2.24. The van der Waals surface area contributed by atoms with Crippen molar-refractivity contribution in [1.29, 1.82) is 0 Å². The number of urea groups is 1. The van der Waals surface area contributed by atoms with Crippen molar-refractivity contribution in [2.75, 3.05) is 12.1 Å². The Hall–Kier alpha value is -2.64. The Balaban J connectivity index is 2.28. The maximum Gasteiger partial charge on any atom is 0.352 e. The minimum atomic E-state index is -0.580. The molecule has 6 nitrogen and oxygen atoms in total. The van der Waals surface area contributed by atoms with Gasteiger partial charge in [0.15, 0.2) is 11.6 Å². The van der Waals surface area contributed by atoms with E-state index in [1.54, 1.807) is 31.2 Å². The maximum atomic E-state index is 13.9. The summed E-state index contributed by atoms with van der Waals surface area (Å²) < 4.78 is 19.5. The van der Waals surface area contributed by atoms with E-state index < -0.39 is 11.8 Å². The van der Waals surface area contributed by atoms with Crippen LogP contribution in [0.2, 0.25) is 0 Å². The summed E-state index contributed by atoms with van der Waals surface area (Å²) in [5.41, 5.74) is 2.80. The van der Waals surface area contributed by atoms with E-state index in [0.29, 0.717) is 11.3 Å². The number of ether oxygens (including phenoxy) is 1. The van der Waals surface area contributed by atoms with Crippen LogP contribution < -0.4 is 21.4 Å². The van der Waals surface area contributed by atoms with Crippen LogP contribution in [0.5, 0.6) is 5.75 Å². The summed E-state index contributed by atoms with van der Waals surface area (Å²) in [6, 6.07) is 9.46. The average Bonchev–Trinajstić information content (AvgIpc) is 2.53. The number of rotatable bonds is 4. The van der Waals surface area contributed by atoms with Crippen LogP contribution in [-0.4, -0.2) is 18.1 Å². The summed E-state index contributed by atoms with van der Waals surface area (Å²) in [4.78, 5) is 12.0. The predicted molar refractivity (Wildman–Crippen MR) is 90.7 cm³/mol. The first-order valence-corrected chi connectivity index (χ1v) is 7.36. The van der Waals surface area contributed by atoms with Crippen LogP contribution in [0.1, 0.15) is 16.7 Å².